The highest BCUT2D eigenvalue weighted by Gasteiger charge is 2.62. The lowest BCUT2D eigenvalue weighted by atomic mass is 10.1. The molecule has 0 saturated heterocycles. The van der Waals surface area contributed by atoms with Crippen LogP contribution in [-0.2, 0) is 0 Å². The first kappa shape index (κ1) is 17.4. The fourth-order valence-electron chi connectivity index (χ4n) is 3.40. The molecule has 3 aromatic heterocycles. The number of benzene rings is 1. The molecule has 0 spiro atoms. The molecule has 0 radical (unpaired) electrons. The topological polar surface area (TPSA) is 66.5 Å². The predicted octanol–water partition coefficient (Wildman–Crippen LogP) is 5.30. The van der Waals surface area contributed by atoms with Crippen molar-refractivity contribution in [3.8, 4) is 11.1 Å². The van der Waals surface area contributed by atoms with E-state index in [0.29, 0.717) is 5.65 Å². The highest BCUT2D eigenvalue weighted by atomic mass is 32.1. The van der Waals surface area contributed by atoms with E-state index in [1.165, 1.54) is 0 Å². The number of H-pyrrole nitrogens is 1. The lowest BCUT2D eigenvalue weighted by molar-refractivity contribution is -0.182. The van der Waals surface area contributed by atoms with Gasteiger partial charge in [-0.1, -0.05) is 6.07 Å². The number of anilines is 1. The van der Waals surface area contributed by atoms with Crippen LogP contribution in [0.2, 0.25) is 0 Å². The van der Waals surface area contributed by atoms with Crippen LogP contribution >= 0.6 is 11.3 Å². The summed E-state index contributed by atoms with van der Waals surface area (Å²) in [7, 11) is 0. The number of hydrogen-bond donors (Lipinski definition) is 2. The van der Waals surface area contributed by atoms with Crippen molar-refractivity contribution in [3.05, 3.63) is 35.6 Å². The molecule has 1 aromatic carbocycles. The molecule has 144 valence electrons. The van der Waals surface area contributed by atoms with Crippen molar-refractivity contribution in [2.45, 2.75) is 25.9 Å². The SMILES string of the molecule is Cc1nc2ccc(-c3c[nH]c4nc(NCC5(C(F)(F)F)CC5)ncc34)cc2s1. The van der Waals surface area contributed by atoms with Gasteiger partial charge in [0.05, 0.1) is 20.6 Å². The van der Waals surface area contributed by atoms with Gasteiger partial charge in [-0.3, -0.25) is 0 Å². The molecule has 28 heavy (non-hydrogen) atoms. The molecule has 0 aliphatic heterocycles. The number of hydrogen-bond acceptors (Lipinski definition) is 5. The molecule has 9 heteroatoms. The predicted molar refractivity (Wildman–Crippen MR) is 103 cm³/mol. The molecule has 0 bridgehead atoms. The van der Waals surface area contributed by atoms with Gasteiger partial charge in [0.2, 0.25) is 5.95 Å². The Morgan fingerprint density at radius 3 is 2.82 bits per heavy atom. The van der Waals surface area contributed by atoms with Crippen LogP contribution in [0.4, 0.5) is 19.1 Å². The van der Waals surface area contributed by atoms with E-state index in [2.05, 4.69) is 31.3 Å². The minimum Gasteiger partial charge on any atom is -0.353 e. The van der Waals surface area contributed by atoms with Crippen molar-refractivity contribution in [1.82, 2.24) is 19.9 Å². The summed E-state index contributed by atoms with van der Waals surface area (Å²) < 4.78 is 40.3. The standard InChI is InChI=1S/C19H16F3N5S/c1-10-26-14-3-2-11(6-15(14)28-10)12-7-23-16-13(12)8-24-17(27-16)25-9-18(4-5-18)19(20,21)22/h2-3,6-8H,4-5,9H2,1H3,(H2,23,24,25,27). The van der Waals surface area contributed by atoms with Gasteiger partial charge in [0.15, 0.2) is 0 Å². The molecule has 0 atom stereocenters. The van der Waals surface area contributed by atoms with Crippen molar-refractivity contribution < 1.29 is 13.2 Å². The Morgan fingerprint density at radius 2 is 2.07 bits per heavy atom. The second-order valence-corrected chi connectivity index (χ2v) is 8.44. The van der Waals surface area contributed by atoms with Gasteiger partial charge in [0.25, 0.3) is 0 Å². The molecule has 2 N–H and O–H groups in total. The molecule has 5 rings (SSSR count). The van der Waals surface area contributed by atoms with Crippen molar-refractivity contribution in [2.75, 3.05) is 11.9 Å². The number of nitrogens with one attached hydrogen (secondary N) is 2. The van der Waals surface area contributed by atoms with Crippen LogP contribution in [-0.4, -0.2) is 32.7 Å². The third-order valence-electron chi connectivity index (χ3n) is 5.28. The Bertz CT molecular complexity index is 1190. The lowest BCUT2D eigenvalue weighted by Crippen LogP contribution is -2.31. The fourth-order valence-corrected chi connectivity index (χ4v) is 4.26. The summed E-state index contributed by atoms with van der Waals surface area (Å²) in [5.74, 6) is 0.199. The third-order valence-corrected chi connectivity index (χ3v) is 6.21. The first-order valence-electron chi connectivity index (χ1n) is 8.87. The van der Waals surface area contributed by atoms with E-state index in [0.717, 1.165) is 31.7 Å². The van der Waals surface area contributed by atoms with Gasteiger partial charge in [-0.05, 0) is 37.5 Å². The smallest absolute Gasteiger partial charge is 0.353 e. The molecule has 1 fully saturated rings. The van der Waals surface area contributed by atoms with Crippen LogP contribution in [0.15, 0.2) is 30.6 Å². The Balaban J connectivity index is 1.43. The minimum absolute atomic E-state index is 0.151. The van der Waals surface area contributed by atoms with Crippen LogP contribution < -0.4 is 5.32 Å². The zero-order valence-corrected chi connectivity index (χ0v) is 15.7. The van der Waals surface area contributed by atoms with Crippen molar-refractivity contribution >= 4 is 38.5 Å². The molecule has 4 aromatic rings. The number of nitrogens with zero attached hydrogens (tertiary/aromatic N) is 3. The van der Waals surface area contributed by atoms with Gasteiger partial charge in [0.1, 0.15) is 5.65 Å². The Hall–Kier alpha value is -2.68. The van der Waals surface area contributed by atoms with Gasteiger partial charge in [0, 0.05) is 29.9 Å². The van der Waals surface area contributed by atoms with E-state index in [-0.39, 0.29) is 25.3 Å². The summed E-state index contributed by atoms with van der Waals surface area (Å²) in [6, 6.07) is 6.06. The molecule has 1 aliphatic carbocycles. The minimum atomic E-state index is -4.20. The monoisotopic (exact) mass is 403 g/mol. The summed E-state index contributed by atoms with van der Waals surface area (Å²) >= 11 is 1.63. The molecule has 1 saturated carbocycles. The molecule has 5 nitrogen and oxygen atoms in total. The summed E-state index contributed by atoms with van der Waals surface area (Å²) in [4.78, 5) is 16.1. The van der Waals surface area contributed by atoms with E-state index >= 15 is 0 Å². The highest BCUT2D eigenvalue weighted by molar-refractivity contribution is 7.18. The number of thiazole rings is 1. The van der Waals surface area contributed by atoms with E-state index in [1.807, 2.05) is 25.3 Å². The van der Waals surface area contributed by atoms with Crippen LogP contribution in [0, 0.1) is 12.3 Å². The number of alkyl halides is 3. The lowest BCUT2D eigenvalue weighted by Gasteiger charge is -2.19. The van der Waals surface area contributed by atoms with Gasteiger partial charge < -0.3 is 10.3 Å². The van der Waals surface area contributed by atoms with Crippen LogP contribution in [0.1, 0.15) is 17.8 Å². The van der Waals surface area contributed by atoms with Gasteiger partial charge in [-0.25, -0.2) is 9.97 Å². The largest absolute Gasteiger partial charge is 0.396 e. The average Bonchev–Trinajstić information content (AvgIpc) is 3.20. The molecular weight excluding hydrogens is 387 g/mol. The summed E-state index contributed by atoms with van der Waals surface area (Å²) in [6.45, 7) is 1.78. The summed E-state index contributed by atoms with van der Waals surface area (Å²) in [5, 5.41) is 4.59. The fraction of sp³-hybridized carbons (Fsp3) is 0.316. The van der Waals surface area contributed by atoms with E-state index in [4.69, 9.17) is 0 Å². The second kappa shape index (κ2) is 5.91. The van der Waals surface area contributed by atoms with Gasteiger partial charge in [-0.2, -0.15) is 18.2 Å². The maximum absolute atomic E-state index is 13.1. The Kier molecular flexibility index (Phi) is 3.67. The van der Waals surface area contributed by atoms with Crippen LogP contribution in [0.3, 0.4) is 0 Å². The number of aromatic nitrogens is 4. The van der Waals surface area contributed by atoms with Crippen LogP contribution in [0.5, 0.6) is 0 Å². The quantitative estimate of drug-likeness (QED) is 0.485. The van der Waals surface area contributed by atoms with Crippen molar-refractivity contribution in [3.63, 3.8) is 0 Å². The van der Waals surface area contributed by atoms with E-state index in [9.17, 15) is 13.2 Å². The molecular formula is C19H16F3N5S. The number of aryl methyl sites for hydroxylation is 1. The van der Waals surface area contributed by atoms with Crippen molar-refractivity contribution in [2.24, 2.45) is 5.41 Å². The van der Waals surface area contributed by atoms with Gasteiger partial charge >= 0.3 is 6.18 Å². The molecule has 1 aliphatic rings. The molecule has 0 unspecified atom stereocenters. The van der Waals surface area contributed by atoms with E-state index < -0.39 is 11.6 Å². The zero-order chi connectivity index (χ0) is 19.5. The normalized spacial score (nSPS) is 16.0. The number of aromatic amines is 1. The third kappa shape index (κ3) is 2.81. The Morgan fingerprint density at radius 1 is 1.25 bits per heavy atom. The molecule has 3 heterocycles. The molecule has 0 amide bonds. The average molecular weight is 403 g/mol. The van der Waals surface area contributed by atoms with Crippen molar-refractivity contribution in [1.29, 1.82) is 0 Å². The van der Waals surface area contributed by atoms with Crippen LogP contribution in [0.25, 0.3) is 32.4 Å². The summed E-state index contributed by atoms with van der Waals surface area (Å²) in [5.41, 5.74) is 1.88. The highest BCUT2D eigenvalue weighted by Crippen LogP contribution is 2.57. The number of fused-ring (bicyclic) bond motifs is 2. The maximum atomic E-state index is 13.1. The zero-order valence-electron chi connectivity index (χ0n) is 14.9. The van der Waals surface area contributed by atoms with Gasteiger partial charge in [-0.15, -0.1) is 11.3 Å². The number of halogens is 3. The number of rotatable bonds is 4. The maximum Gasteiger partial charge on any atom is 0.396 e. The first-order valence-corrected chi connectivity index (χ1v) is 9.69. The first-order chi connectivity index (χ1) is 13.3. The second-order valence-electron chi connectivity index (χ2n) is 7.21. The Labute approximate surface area is 162 Å². The van der Waals surface area contributed by atoms with E-state index in [1.54, 1.807) is 17.5 Å². The summed E-state index contributed by atoms with van der Waals surface area (Å²) in [6.07, 6.45) is -0.407.